The quantitative estimate of drug-likeness (QED) is 0.705. The van der Waals surface area contributed by atoms with Gasteiger partial charge in [0.05, 0.1) is 6.61 Å². The van der Waals surface area contributed by atoms with Crippen molar-refractivity contribution >= 4 is 5.91 Å². The molecule has 1 aromatic rings. The van der Waals surface area contributed by atoms with E-state index in [4.69, 9.17) is 4.74 Å². The van der Waals surface area contributed by atoms with Crippen molar-refractivity contribution in [2.45, 2.75) is 13.5 Å². The third-order valence-corrected chi connectivity index (χ3v) is 2.40. The molecule has 1 amide bonds. The van der Waals surface area contributed by atoms with Crippen LogP contribution in [0.4, 0.5) is 0 Å². The van der Waals surface area contributed by atoms with E-state index in [1.165, 1.54) is 0 Å². The van der Waals surface area contributed by atoms with Crippen LogP contribution in [0.5, 0.6) is 0 Å². The van der Waals surface area contributed by atoms with Gasteiger partial charge in [0, 0.05) is 20.2 Å². The van der Waals surface area contributed by atoms with Gasteiger partial charge in [-0.15, -0.1) is 0 Å². The summed E-state index contributed by atoms with van der Waals surface area (Å²) in [5.41, 5.74) is 1.13. The molecule has 1 rings (SSSR count). The number of nitrogens with zero attached hydrogens (tertiary/aromatic N) is 1. The molecule has 0 fully saturated rings. The molecule has 0 radical (unpaired) electrons. The molecule has 0 atom stereocenters. The number of ether oxygens (including phenoxy) is 1. The summed E-state index contributed by atoms with van der Waals surface area (Å²) in [4.78, 5) is 13.6. The molecule has 0 aliphatic carbocycles. The number of amides is 1. The van der Waals surface area contributed by atoms with Crippen molar-refractivity contribution in [3.05, 3.63) is 48.0 Å². The summed E-state index contributed by atoms with van der Waals surface area (Å²) in [6, 6.07) is 9.95. The fourth-order valence-electron chi connectivity index (χ4n) is 1.52. The maximum Gasteiger partial charge on any atom is 0.246 e. The Bertz CT molecular complexity index is 360. The molecule has 3 heteroatoms. The number of carbonyl (C=O) groups is 1. The summed E-state index contributed by atoms with van der Waals surface area (Å²) >= 11 is 0. The van der Waals surface area contributed by atoms with Crippen molar-refractivity contribution < 1.29 is 9.53 Å². The van der Waals surface area contributed by atoms with Crippen LogP contribution in [-0.2, 0) is 16.1 Å². The number of rotatable bonds is 6. The minimum atomic E-state index is 0.0217. The summed E-state index contributed by atoms with van der Waals surface area (Å²) < 4.78 is 5.02. The zero-order valence-electron chi connectivity index (χ0n) is 10.4. The lowest BCUT2D eigenvalue weighted by Crippen LogP contribution is -2.32. The number of methoxy groups -OCH3 is 1. The van der Waals surface area contributed by atoms with E-state index < -0.39 is 0 Å². The van der Waals surface area contributed by atoms with Gasteiger partial charge in [0.1, 0.15) is 0 Å². The lowest BCUT2D eigenvalue weighted by molar-refractivity contribution is -0.127. The first-order valence-corrected chi connectivity index (χ1v) is 5.72. The second kappa shape index (κ2) is 7.63. The Morgan fingerprint density at radius 3 is 2.65 bits per heavy atom. The molecule has 0 aliphatic heterocycles. The van der Waals surface area contributed by atoms with Crippen LogP contribution in [0.3, 0.4) is 0 Å². The molecule has 0 heterocycles. The fraction of sp³-hybridized carbons (Fsp3) is 0.357. The molecule has 0 aromatic heterocycles. The van der Waals surface area contributed by atoms with E-state index in [1.54, 1.807) is 24.2 Å². The maximum absolute atomic E-state index is 11.8. The van der Waals surface area contributed by atoms with Gasteiger partial charge in [0.15, 0.2) is 0 Å². The minimum absolute atomic E-state index is 0.0217. The highest BCUT2D eigenvalue weighted by molar-refractivity contribution is 5.87. The molecule has 0 spiro atoms. The lowest BCUT2D eigenvalue weighted by atomic mass is 10.2. The smallest absolute Gasteiger partial charge is 0.246 e. The number of carbonyl (C=O) groups excluding carboxylic acids is 1. The van der Waals surface area contributed by atoms with Crippen LogP contribution in [-0.4, -0.2) is 31.1 Å². The standard InChI is InChI=1S/C14H19NO2/c1-3-7-14(16)15(10-11-17-2)12-13-8-5-4-6-9-13/h3-9H,10-12H2,1-2H3. The van der Waals surface area contributed by atoms with E-state index in [-0.39, 0.29) is 5.91 Å². The Morgan fingerprint density at radius 2 is 2.06 bits per heavy atom. The van der Waals surface area contributed by atoms with Gasteiger partial charge in [-0.1, -0.05) is 36.4 Å². The summed E-state index contributed by atoms with van der Waals surface area (Å²) in [6.07, 6.45) is 3.34. The highest BCUT2D eigenvalue weighted by atomic mass is 16.5. The summed E-state index contributed by atoms with van der Waals surface area (Å²) in [5, 5.41) is 0. The van der Waals surface area contributed by atoms with Crippen LogP contribution in [0, 0.1) is 0 Å². The third-order valence-electron chi connectivity index (χ3n) is 2.40. The Labute approximate surface area is 103 Å². The zero-order chi connectivity index (χ0) is 12.5. The number of hydrogen-bond acceptors (Lipinski definition) is 2. The van der Waals surface area contributed by atoms with Crippen LogP contribution >= 0.6 is 0 Å². The van der Waals surface area contributed by atoms with Crippen molar-refractivity contribution in [1.82, 2.24) is 4.90 Å². The Kier molecular flexibility index (Phi) is 6.04. The summed E-state index contributed by atoms with van der Waals surface area (Å²) in [6.45, 7) is 3.62. The first-order chi connectivity index (χ1) is 8.27. The Morgan fingerprint density at radius 1 is 1.35 bits per heavy atom. The second-order valence-corrected chi connectivity index (χ2v) is 3.74. The SMILES string of the molecule is CC=CC(=O)N(CCOC)Cc1ccccc1. The number of allylic oxidation sites excluding steroid dienone is 1. The molecule has 0 unspecified atom stereocenters. The molecule has 92 valence electrons. The van der Waals surface area contributed by atoms with Gasteiger partial charge in [-0.25, -0.2) is 0 Å². The van der Waals surface area contributed by atoms with Gasteiger partial charge in [-0.2, -0.15) is 0 Å². The lowest BCUT2D eigenvalue weighted by Gasteiger charge is -2.20. The van der Waals surface area contributed by atoms with Gasteiger partial charge in [-0.05, 0) is 18.6 Å². The van der Waals surface area contributed by atoms with Crippen LogP contribution < -0.4 is 0 Å². The normalized spacial score (nSPS) is 10.7. The van der Waals surface area contributed by atoms with Gasteiger partial charge in [0.25, 0.3) is 0 Å². The maximum atomic E-state index is 11.8. The average Bonchev–Trinajstić information content (AvgIpc) is 2.36. The largest absolute Gasteiger partial charge is 0.383 e. The van der Waals surface area contributed by atoms with E-state index in [0.717, 1.165) is 5.56 Å². The zero-order valence-corrected chi connectivity index (χ0v) is 10.4. The highest BCUT2D eigenvalue weighted by Gasteiger charge is 2.10. The number of hydrogen-bond donors (Lipinski definition) is 0. The molecular weight excluding hydrogens is 214 g/mol. The highest BCUT2D eigenvalue weighted by Crippen LogP contribution is 2.05. The van der Waals surface area contributed by atoms with E-state index in [0.29, 0.717) is 19.7 Å². The van der Waals surface area contributed by atoms with Crippen molar-refractivity contribution in [2.75, 3.05) is 20.3 Å². The first kappa shape index (κ1) is 13.5. The molecule has 3 nitrogen and oxygen atoms in total. The van der Waals surface area contributed by atoms with Gasteiger partial charge < -0.3 is 9.64 Å². The van der Waals surface area contributed by atoms with E-state index >= 15 is 0 Å². The minimum Gasteiger partial charge on any atom is -0.383 e. The molecule has 17 heavy (non-hydrogen) atoms. The monoisotopic (exact) mass is 233 g/mol. The summed E-state index contributed by atoms with van der Waals surface area (Å²) in [7, 11) is 1.64. The van der Waals surface area contributed by atoms with Gasteiger partial charge in [-0.3, -0.25) is 4.79 Å². The fourth-order valence-corrected chi connectivity index (χ4v) is 1.52. The first-order valence-electron chi connectivity index (χ1n) is 5.72. The van der Waals surface area contributed by atoms with E-state index in [2.05, 4.69) is 0 Å². The molecule has 0 saturated carbocycles. The van der Waals surface area contributed by atoms with Crippen molar-refractivity contribution in [3.8, 4) is 0 Å². The molecule has 0 aliphatic rings. The summed E-state index contributed by atoms with van der Waals surface area (Å²) in [5.74, 6) is 0.0217. The molecule has 1 aromatic carbocycles. The predicted octanol–water partition coefficient (Wildman–Crippen LogP) is 2.24. The Hall–Kier alpha value is -1.61. The molecule has 0 N–H and O–H groups in total. The van der Waals surface area contributed by atoms with Crippen molar-refractivity contribution in [3.63, 3.8) is 0 Å². The van der Waals surface area contributed by atoms with E-state index in [9.17, 15) is 4.79 Å². The predicted molar refractivity (Wildman–Crippen MR) is 68.5 cm³/mol. The van der Waals surface area contributed by atoms with Crippen LogP contribution in [0.2, 0.25) is 0 Å². The van der Waals surface area contributed by atoms with Gasteiger partial charge in [0.2, 0.25) is 5.91 Å². The molecular formula is C14H19NO2. The van der Waals surface area contributed by atoms with Crippen LogP contribution in [0.15, 0.2) is 42.5 Å². The van der Waals surface area contributed by atoms with Crippen LogP contribution in [0.25, 0.3) is 0 Å². The topological polar surface area (TPSA) is 29.5 Å². The number of benzene rings is 1. The van der Waals surface area contributed by atoms with Crippen molar-refractivity contribution in [1.29, 1.82) is 0 Å². The van der Waals surface area contributed by atoms with Crippen LogP contribution in [0.1, 0.15) is 12.5 Å². The molecule has 0 saturated heterocycles. The Balaban J connectivity index is 2.66. The van der Waals surface area contributed by atoms with Crippen molar-refractivity contribution in [2.24, 2.45) is 0 Å². The third kappa shape index (κ3) is 4.83. The molecule has 0 bridgehead atoms. The second-order valence-electron chi connectivity index (χ2n) is 3.74. The van der Waals surface area contributed by atoms with Gasteiger partial charge >= 0.3 is 0 Å². The van der Waals surface area contributed by atoms with E-state index in [1.807, 2.05) is 37.3 Å². The average molecular weight is 233 g/mol.